The van der Waals surface area contributed by atoms with Crippen molar-refractivity contribution < 1.29 is 33.4 Å². The summed E-state index contributed by atoms with van der Waals surface area (Å²) in [5.74, 6) is 0.804. The smallest absolute Gasteiger partial charge is 0.306 e. The summed E-state index contributed by atoms with van der Waals surface area (Å²) in [7, 11) is 0. The number of esters is 2. The number of ether oxygens (including phenoxy) is 3. The van der Waals surface area contributed by atoms with Gasteiger partial charge in [-0.1, -0.05) is 33.3 Å². The Morgan fingerprint density at radius 1 is 1.09 bits per heavy atom. The van der Waals surface area contributed by atoms with Crippen LogP contribution < -0.4 is 0 Å². The summed E-state index contributed by atoms with van der Waals surface area (Å²) in [6.45, 7) is 9.37. The van der Waals surface area contributed by atoms with Crippen molar-refractivity contribution in [3.8, 4) is 0 Å². The Kier molecular flexibility index (Phi) is 5.57. The summed E-state index contributed by atoms with van der Waals surface area (Å²) < 4.78 is 17.1. The summed E-state index contributed by atoms with van der Waals surface area (Å²) in [5, 5.41) is 0. The predicted molar refractivity (Wildman–Crippen MR) is 126 cm³/mol. The molecule has 1 heterocycles. The highest BCUT2D eigenvalue weighted by molar-refractivity contribution is 6.07. The number of Topliss-reactive ketones (excluding diaryl/α,β-unsaturated/α-hetero) is 1. The molecule has 7 atom stereocenters. The van der Waals surface area contributed by atoms with E-state index in [0.717, 1.165) is 31.4 Å². The van der Waals surface area contributed by atoms with Gasteiger partial charge in [0.25, 0.3) is 0 Å². The monoisotopic (exact) mass is 484 g/mol. The third-order valence-corrected chi connectivity index (χ3v) is 10.1. The lowest BCUT2D eigenvalue weighted by atomic mass is 9.47. The van der Waals surface area contributed by atoms with Crippen LogP contribution in [-0.2, 0) is 33.4 Å². The van der Waals surface area contributed by atoms with E-state index in [4.69, 9.17) is 14.2 Å². The molecule has 35 heavy (non-hydrogen) atoms. The number of hydrogen-bond acceptors (Lipinski definition) is 7. The van der Waals surface area contributed by atoms with Crippen LogP contribution in [0.1, 0.15) is 79.6 Å². The Balaban J connectivity index is 1.51. The minimum atomic E-state index is -1.32. The third-order valence-electron chi connectivity index (χ3n) is 10.1. The van der Waals surface area contributed by atoms with Crippen molar-refractivity contribution in [2.24, 2.45) is 34.5 Å². The number of rotatable bonds is 6. The van der Waals surface area contributed by atoms with Crippen molar-refractivity contribution in [2.45, 2.75) is 85.2 Å². The quantitative estimate of drug-likeness (QED) is 0.514. The summed E-state index contributed by atoms with van der Waals surface area (Å²) in [4.78, 5) is 50.7. The molecule has 0 radical (unpaired) electrons. The van der Waals surface area contributed by atoms with Gasteiger partial charge in [-0.15, -0.1) is 0 Å². The Hall–Kier alpha value is -2.44. The van der Waals surface area contributed by atoms with Gasteiger partial charge in [-0.2, -0.15) is 0 Å². The minimum absolute atomic E-state index is 0.0150. The molecule has 1 aliphatic heterocycles. The molecule has 0 aromatic carbocycles. The maximum absolute atomic E-state index is 13.8. The summed E-state index contributed by atoms with van der Waals surface area (Å²) in [6.07, 6.45) is 6.24. The molecule has 0 bridgehead atoms. The van der Waals surface area contributed by atoms with Crippen LogP contribution in [0.5, 0.6) is 0 Å². The van der Waals surface area contributed by atoms with E-state index in [-0.39, 0.29) is 48.3 Å². The van der Waals surface area contributed by atoms with Crippen molar-refractivity contribution in [2.75, 3.05) is 6.61 Å². The van der Waals surface area contributed by atoms with E-state index in [2.05, 4.69) is 13.8 Å². The van der Waals surface area contributed by atoms with Gasteiger partial charge in [0.15, 0.2) is 18.0 Å². The molecule has 0 aromatic heterocycles. The van der Waals surface area contributed by atoms with Crippen LogP contribution in [-0.4, -0.2) is 35.7 Å². The van der Waals surface area contributed by atoms with Gasteiger partial charge in [0, 0.05) is 24.2 Å². The second kappa shape index (κ2) is 8.04. The molecule has 0 spiro atoms. The Bertz CT molecular complexity index is 1070. The first-order chi connectivity index (χ1) is 16.5. The molecule has 4 aliphatic carbocycles. The van der Waals surface area contributed by atoms with Gasteiger partial charge in [0.05, 0.1) is 5.41 Å². The number of fused-ring (bicyclic) bond motifs is 6. The van der Waals surface area contributed by atoms with E-state index in [1.165, 1.54) is 5.57 Å². The van der Waals surface area contributed by atoms with Gasteiger partial charge >= 0.3 is 11.9 Å². The second-order valence-corrected chi connectivity index (χ2v) is 11.5. The molecular weight excluding hydrogens is 448 g/mol. The molecule has 0 amide bonds. The molecule has 190 valence electrons. The van der Waals surface area contributed by atoms with Crippen LogP contribution in [0.3, 0.4) is 0 Å². The van der Waals surface area contributed by atoms with Crippen molar-refractivity contribution >= 4 is 23.5 Å². The molecule has 5 aliphatic rings. The van der Waals surface area contributed by atoms with Crippen molar-refractivity contribution in [3.63, 3.8) is 0 Å². The van der Waals surface area contributed by atoms with E-state index >= 15 is 0 Å². The van der Waals surface area contributed by atoms with Crippen LogP contribution in [0.2, 0.25) is 0 Å². The van der Waals surface area contributed by atoms with Crippen LogP contribution in [0.25, 0.3) is 0 Å². The van der Waals surface area contributed by atoms with Gasteiger partial charge in [-0.25, -0.2) is 0 Å². The Morgan fingerprint density at radius 2 is 1.80 bits per heavy atom. The third kappa shape index (κ3) is 3.15. The summed E-state index contributed by atoms with van der Waals surface area (Å²) in [5.41, 5.74) is -0.981. The van der Waals surface area contributed by atoms with Gasteiger partial charge in [0.2, 0.25) is 17.3 Å². The molecule has 7 nitrogen and oxygen atoms in total. The first-order valence-electron chi connectivity index (χ1n) is 13.1. The lowest BCUT2D eigenvalue weighted by molar-refractivity contribution is -0.197. The molecule has 0 saturated heterocycles. The maximum Gasteiger partial charge on any atom is 0.306 e. The zero-order chi connectivity index (χ0) is 25.3. The molecule has 7 heteroatoms. The predicted octanol–water partition coefficient (Wildman–Crippen LogP) is 4.44. The van der Waals surface area contributed by atoms with E-state index in [9.17, 15) is 19.2 Å². The molecule has 0 N–H and O–H groups in total. The number of hydrogen-bond donors (Lipinski definition) is 0. The molecule has 0 aromatic rings. The first kappa shape index (κ1) is 24.3. The minimum Gasteiger partial charge on any atom is -0.457 e. The molecule has 3 saturated carbocycles. The lowest BCUT2D eigenvalue weighted by Gasteiger charge is -2.57. The van der Waals surface area contributed by atoms with Gasteiger partial charge in [0.1, 0.15) is 0 Å². The first-order valence-corrected chi connectivity index (χ1v) is 13.1. The van der Waals surface area contributed by atoms with Crippen molar-refractivity contribution in [3.05, 3.63) is 23.2 Å². The highest BCUT2D eigenvalue weighted by Gasteiger charge is 2.72. The van der Waals surface area contributed by atoms with Gasteiger partial charge < -0.3 is 14.2 Å². The van der Waals surface area contributed by atoms with Gasteiger partial charge in [-0.3, -0.25) is 19.2 Å². The largest absolute Gasteiger partial charge is 0.457 e. The average molecular weight is 485 g/mol. The summed E-state index contributed by atoms with van der Waals surface area (Å²) in [6, 6.07) is 0. The van der Waals surface area contributed by atoms with E-state index < -0.39 is 23.0 Å². The van der Waals surface area contributed by atoms with Gasteiger partial charge in [-0.05, 0) is 62.9 Å². The zero-order valence-corrected chi connectivity index (χ0v) is 21.4. The lowest BCUT2D eigenvalue weighted by Crippen LogP contribution is -2.61. The molecule has 3 fully saturated rings. The molecular formula is C28H36O7. The normalized spacial score (nSPS) is 40.9. The van der Waals surface area contributed by atoms with Crippen LogP contribution in [0.15, 0.2) is 23.2 Å². The fraction of sp³-hybridized carbons (Fsp3) is 0.714. The fourth-order valence-electron chi connectivity index (χ4n) is 8.37. The molecule has 5 rings (SSSR count). The topological polar surface area (TPSA) is 99.3 Å². The molecule has 0 unspecified atom stereocenters. The standard InChI is InChI=1S/C28H36O7/c1-6-22(31)33-14-21(30)28(35-23(32)7-2)15(3)12-19-17-9-8-16-13-20(29)24-25(34-24)27(16,5)18(17)10-11-26(19,28)4/h13,15,17-19H,6-12,14H2,1-5H3/t15-,17+,18-,19-,26-,27-,28-/m0/s1. The number of ketones is 2. The zero-order valence-electron chi connectivity index (χ0n) is 21.4. The van der Waals surface area contributed by atoms with Crippen LogP contribution in [0, 0.1) is 34.5 Å². The van der Waals surface area contributed by atoms with E-state index in [0.29, 0.717) is 24.0 Å². The van der Waals surface area contributed by atoms with Crippen molar-refractivity contribution in [1.29, 1.82) is 0 Å². The number of carbonyl (C=O) groups excluding carboxylic acids is 4. The SMILES string of the molecule is CCC(=O)OCC(=O)[C@@]1(OC(=O)CC)[C@@H](C)C[C@H]2[C@@H]3CCC4=CC(=O)C5=C(O5)[C@]4(C)[C@H]3CC[C@@]21C. The summed E-state index contributed by atoms with van der Waals surface area (Å²) >= 11 is 0. The van der Waals surface area contributed by atoms with Crippen LogP contribution >= 0.6 is 0 Å². The van der Waals surface area contributed by atoms with E-state index in [1.54, 1.807) is 19.9 Å². The maximum atomic E-state index is 13.8. The highest BCUT2D eigenvalue weighted by atomic mass is 16.6. The second-order valence-electron chi connectivity index (χ2n) is 11.5. The highest BCUT2D eigenvalue weighted by Crippen LogP contribution is 2.71. The Labute approximate surface area is 206 Å². The Morgan fingerprint density at radius 3 is 2.49 bits per heavy atom. The number of allylic oxidation sites excluding steroid dienone is 2. The van der Waals surface area contributed by atoms with Crippen molar-refractivity contribution in [1.82, 2.24) is 0 Å². The fourth-order valence-corrected chi connectivity index (χ4v) is 8.37. The average Bonchev–Trinajstić information content (AvgIpc) is 3.62. The number of carbonyl (C=O) groups is 4. The van der Waals surface area contributed by atoms with E-state index in [1.807, 2.05) is 6.92 Å². The van der Waals surface area contributed by atoms with Crippen LogP contribution in [0.4, 0.5) is 0 Å².